The third kappa shape index (κ3) is 5.16. The van der Waals surface area contributed by atoms with Gasteiger partial charge in [-0.3, -0.25) is 19.7 Å². The van der Waals surface area contributed by atoms with Crippen molar-refractivity contribution in [2.45, 2.75) is 38.9 Å². The van der Waals surface area contributed by atoms with E-state index < -0.39 is 5.91 Å². The lowest BCUT2D eigenvalue weighted by Gasteiger charge is -2.44. The molecule has 7 heteroatoms. The van der Waals surface area contributed by atoms with Gasteiger partial charge >= 0.3 is 0 Å². The van der Waals surface area contributed by atoms with Gasteiger partial charge in [-0.05, 0) is 55.2 Å². The van der Waals surface area contributed by atoms with Crippen LogP contribution >= 0.6 is 0 Å². The Bertz CT molecular complexity index is 1020. The molecule has 0 spiro atoms. The number of rotatable bonds is 5. The lowest BCUT2D eigenvalue weighted by atomic mass is 9.95. The lowest BCUT2D eigenvalue weighted by Crippen LogP contribution is -2.57. The van der Waals surface area contributed by atoms with Crippen molar-refractivity contribution in [3.63, 3.8) is 0 Å². The molecular formula is C26H31N3O4. The molecule has 2 aliphatic rings. The van der Waals surface area contributed by atoms with Crippen LogP contribution in [0.3, 0.4) is 0 Å². The number of nitrogens with zero attached hydrogens (tertiary/aromatic N) is 2. The first-order valence-electron chi connectivity index (χ1n) is 11.4. The maximum absolute atomic E-state index is 13.5. The predicted molar refractivity (Wildman–Crippen MR) is 126 cm³/mol. The van der Waals surface area contributed by atoms with Gasteiger partial charge in [0.15, 0.2) is 0 Å². The van der Waals surface area contributed by atoms with Crippen LogP contribution < -0.4 is 5.48 Å². The van der Waals surface area contributed by atoms with E-state index in [1.807, 2.05) is 41.3 Å². The molecule has 2 amide bonds. The zero-order valence-electron chi connectivity index (χ0n) is 19.2. The summed E-state index contributed by atoms with van der Waals surface area (Å²) in [6.45, 7) is 7.63. The smallest absolute Gasteiger partial charge is 0.274 e. The van der Waals surface area contributed by atoms with Gasteiger partial charge in [0.2, 0.25) is 0 Å². The van der Waals surface area contributed by atoms with Crippen molar-refractivity contribution in [1.82, 2.24) is 15.3 Å². The molecule has 0 radical (unpaired) electrons. The molecule has 4 rings (SSSR count). The number of hydrogen-bond donors (Lipinski definition) is 2. The second-order valence-corrected chi connectivity index (χ2v) is 8.82. The van der Waals surface area contributed by atoms with Gasteiger partial charge in [0.05, 0.1) is 13.2 Å². The van der Waals surface area contributed by atoms with Crippen LogP contribution in [0.5, 0.6) is 0 Å². The highest BCUT2D eigenvalue weighted by Crippen LogP contribution is 2.27. The Morgan fingerprint density at radius 2 is 1.76 bits per heavy atom. The highest BCUT2D eigenvalue weighted by atomic mass is 16.5. The maximum Gasteiger partial charge on any atom is 0.274 e. The molecule has 2 atom stereocenters. The fourth-order valence-corrected chi connectivity index (χ4v) is 4.76. The average molecular weight is 450 g/mol. The van der Waals surface area contributed by atoms with E-state index in [-0.39, 0.29) is 18.0 Å². The van der Waals surface area contributed by atoms with Crippen LogP contribution in [0.1, 0.15) is 52.1 Å². The molecule has 2 aromatic carbocycles. The first-order chi connectivity index (χ1) is 16.0. The van der Waals surface area contributed by atoms with Crippen molar-refractivity contribution < 1.29 is 19.5 Å². The van der Waals surface area contributed by atoms with Crippen LogP contribution in [0.25, 0.3) is 5.57 Å². The molecule has 0 aliphatic carbocycles. The number of piperazine rings is 1. The quantitative estimate of drug-likeness (QED) is 0.541. The third-order valence-electron chi connectivity index (χ3n) is 6.54. The number of benzene rings is 2. The van der Waals surface area contributed by atoms with Crippen molar-refractivity contribution in [3.05, 3.63) is 76.9 Å². The first-order valence-corrected chi connectivity index (χ1v) is 11.4. The van der Waals surface area contributed by atoms with Crippen LogP contribution in [-0.4, -0.2) is 65.2 Å². The number of amides is 2. The van der Waals surface area contributed by atoms with Gasteiger partial charge in [0.25, 0.3) is 11.8 Å². The molecule has 7 nitrogen and oxygen atoms in total. The molecule has 33 heavy (non-hydrogen) atoms. The summed E-state index contributed by atoms with van der Waals surface area (Å²) in [6, 6.07) is 15.5. The molecule has 2 aromatic rings. The molecule has 2 N–H and O–H groups in total. The molecule has 0 bridgehead atoms. The van der Waals surface area contributed by atoms with E-state index in [0.717, 1.165) is 29.7 Å². The second kappa shape index (κ2) is 10.3. The van der Waals surface area contributed by atoms with Gasteiger partial charge in [-0.25, -0.2) is 5.48 Å². The molecule has 0 saturated carbocycles. The minimum atomic E-state index is -0.521. The number of nitrogens with one attached hydrogen (secondary N) is 1. The van der Waals surface area contributed by atoms with Gasteiger partial charge in [-0.1, -0.05) is 36.4 Å². The van der Waals surface area contributed by atoms with Crippen molar-refractivity contribution in [2.24, 2.45) is 0 Å². The molecule has 1 saturated heterocycles. The van der Waals surface area contributed by atoms with Crippen molar-refractivity contribution in [3.8, 4) is 0 Å². The van der Waals surface area contributed by atoms with Gasteiger partial charge in [0.1, 0.15) is 0 Å². The zero-order valence-corrected chi connectivity index (χ0v) is 19.2. The normalized spacial score (nSPS) is 21.4. The van der Waals surface area contributed by atoms with Gasteiger partial charge in [-0.2, -0.15) is 0 Å². The van der Waals surface area contributed by atoms with E-state index in [0.29, 0.717) is 31.9 Å². The number of carbonyl (C=O) groups is 2. The molecule has 1 fully saturated rings. The standard InChI is InChI=1S/C26H31N3O4/c1-18-15-28(26(31)24-6-4-3-5-23(24)21-11-13-33-14-12-21)16-19(2)29(18)17-20-7-9-22(10-8-20)25(30)27-32/h3-11,18-19,32H,12-17H2,1-2H3,(H,27,30)/t18-,19+. The van der Waals surface area contributed by atoms with E-state index in [1.54, 1.807) is 17.6 Å². The Kier molecular flexibility index (Phi) is 7.23. The minimum absolute atomic E-state index is 0.0794. The van der Waals surface area contributed by atoms with Gasteiger partial charge < -0.3 is 9.64 Å². The molecule has 2 heterocycles. The Balaban J connectivity index is 1.46. The number of hydrogen-bond acceptors (Lipinski definition) is 5. The Morgan fingerprint density at radius 1 is 1.06 bits per heavy atom. The van der Waals surface area contributed by atoms with Crippen LogP contribution in [0, 0.1) is 0 Å². The fourth-order valence-electron chi connectivity index (χ4n) is 4.76. The summed E-state index contributed by atoms with van der Waals surface area (Å²) in [5.74, 6) is -0.442. The molecule has 2 aliphatic heterocycles. The molecule has 0 aromatic heterocycles. The Labute approximate surface area is 194 Å². The number of carbonyl (C=O) groups excluding carboxylic acids is 2. The van der Waals surface area contributed by atoms with Crippen LogP contribution in [0.4, 0.5) is 0 Å². The average Bonchev–Trinajstić information content (AvgIpc) is 2.86. The van der Waals surface area contributed by atoms with E-state index in [1.165, 1.54) is 5.57 Å². The molecular weight excluding hydrogens is 418 g/mol. The van der Waals surface area contributed by atoms with Crippen molar-refractivity contribution in [2.75, 3.05) is 26.3 Å². The summed E-state index contributed by atoms with van der Waals surface area (Å²) < 4.78 is 5.44. The van der Waals surface area contributed by atoms with Gasteiger partial charge in [0, 0.05) is 42.8 Å². The Hall–Kier alpha value is -3.00. The summed E-state index contributed by atoms with van der Waals surface area (Å²) in [5, 5.41) is 8.78. The number of ether oxygens (including phenoxy) is 1. The van der Waals surface area contributed by atoms with Crippen LogP contribution in [0.15, 0.2) is 54.6 Å². The van der Waals surface area contributed by atoms with E-state index >= 15 is 0 Å². The predicted octanol–water partition coefficient (Wildman–Crippen LogP) is 3.34. The van der Waals surface area contributed by atoms with Crippen molar-refractivity contribution in [1.29, 1.82) is 0 Å². The lowest BCUT2D eigenvalue weighted by molar-refractivity contribution is 0.0269. The summed E-state index contributed by atoms with van der Waals surface area (Å²) in [5.41, 5.74) is 6.11. The van der Waals surface area contributed by atoms with Crippen molar-refractivity contribution >= 4 is 17.4 Å². The zero-order chi connectivity index (χ0) is 23.4. The summed E-state index contributed by atoms with van der Waals surface area (Å²) in [6.07, 6.45) is 2.90. The fraction of sp³-hybridized carbons (Fsp3) is 0.385. The monoisotopic (exact) mass is 449 g/mol. The van der Waals surface area contributed by atoms with Gasteiger partial charge in [-0.15, -0.1) is 0 Å². The van der Waals surface area contributed by atoms with Crippen LogP contribution in [-0.2, 0) is 11.3 Å². The largest absolute Gasteiger partial charge is 0.377 e. The molecule has 174 valence electrons. The highest BCUT2D eigenvalue weighted by molar-refractivity contribution is 5.99. The first kappa shape index (κ1) is 23.2. The minimum Gasteiger partial charge on any atom is -0.377 e. The van der Waals surface area contributed by atoms with E-state index in [9.17, 15) is 9.59 Å². The number of hydroxylamine groups is 1. The SMILES string of the molecule is C[C@@H]1CN(C(=O)c2ccccc2C2=CCOCC2)C[C@H](C)N1Cc1ccc(C(=O)NO)cc1. The highest BCUT2D eigenvalue weighted by Gasteiger charge is 2.33. The molecule has 0 unspecified atom stereocenters. The topological polar surface area (TPSA) is 82.1 Å². The summed E-state index contributed by atoms with van der Waals surface area (Å²) >= 11 is 0. The summed E-state index contributed by atoms with van der Waals surface area (Å²) in [7, 11) is 0. The second-order valence-electron chi connectivity index (χ2n) is 8.82. The van der Waals surface area contributed by atoms with E-state index in [2.05, 4.69) is 24.8 Å². The third-order valence-corrected chi connectivity index (χ3v) is 6.54. The summed E-state index contributed by atoms with van der Waals surface area (Å²) in [4.78, 5) is 29.4. The Morgan fingerprint density at radius 3 is 2.39 bits per heavy atom. The maximum atomic E-state index is 13.5. The van der Waals surface area contributed by atoms with Crippen LogP contribution in [0.2, 0.25) is 0 Å². The van der Waals surface area contributed by atoms with E-state index in [4.69, 9.17) is 9.94 Å².